The zero-order valence-electron chi connectivity index (χ0n) is 19.4. The van der Waals surface area contributed by atoms with Crippen molar-refractivity contribution in [1.29, 1.82) is 0 Å². The maximum Gasteiger partial charge on any atom is 0.417 e. The highest BCUT2D eigenvalue weighted by molar-refractivity contribution is 6.32. The number of halogens is 4. The highest BCUT2D eigenvalue weighted by Crippen LogP contribution is 2.38. The van der Waals surface area contributed by atoms with Crippen LogP contribution in [0.2, 0.25) is 5.02 Å². The number of hydrogen-bond donors (Lipinski definition) is 1. The van der Waals surface area contributed by atoms with Gasteiger partial charge in [-0.2, -0.15) is 13.2 Å². The molecule has 1 saturated heterocycles. The number of amides is 1. The van der Waals surface area contributed by atoms with Crippen LogP contribution in [0.5, 0.6) is 0 Å². The number of pyridine rings is 1. The van der Waals surface area contributed by atoms with Crippen molar-refractivity contribution in [2.75, 3.05) is 43.0 Å². The molecule has 1 fully saturated rings. The number of alkyl halides is 3. The minimum Gasteiger partial charge on any atom is -0.449 e. The van der Waals surface area contributed by atoms with Gasteiger partial charge in [0.25, 0.3) is 0 Å². The number of anilines is 3. The van der Waals surface area contributed by atoms with Gasteiger partial charge in [-0.15, -0.1) is 0 Å². The second-order valence-corrected chi connectivity index (χ2v) is 9.23. The summed E-state index contributed by atoms with van der Waals surface area (Å²) in [6.07, 6.45) is -3.37. The summed E-state index contributed by atoms with van der Waals surface area (Å²) in [7, 11) is 0. The molecule has 6 nitrogen and oxygen atoms in total. The van der Waals surface area contributed by atoms with Gasteiger partial charge in [0.15, 0.2) is 0 Å². The predicted octanol–water partition coefficient (Wildman–Crippen LogP) is 6.57. The summed E-state index contributed by atoms with van der Waals surface area (Å²) in [4.78, 5) is 20.1. The molecule has 1 aliphatic rings. The largest absolute Gasteiger partial charge is 0.449 e. The van der Waals surface area contributed by atoms with Crippen molar-refractivity contribution in [1.82, 2.24) is 9.88 Å². The predicted molar refractivity (Wildman–Crippen MR) is 131 cm³/mol. The van der Waals surface area contributed by atoms with Crippen LogP contribution in [0.1, 0.15) is 19.4 Å². The maximum atomic E-state index is 13.2. The average molecular weight is 507 g/mol. The quantitative estimate of drug-likeness (QED) is 0.424. The van der Waals surface area contributed by atoms with Gasteiger partial charge in [-0.3, -0.25) is 4.98 Å². The van der Waals surface area contributed by atoms with Gasteiger partial charge in [0.1, 0.15) is 0 Å². The molecule has 35 heavy (non-hydrogen) atoms. The van der Waals surface area contributed by atoms with Crippen molar-refractivity contribution in [3.05, 3.63) is 59.2 Å². The number of benzene rings is 2. The first kappa shape index (κ1) is 24.9. The second kappa shape index (κ2) is 10.2. The standard InChI is InChI=1S/C25H26ClF3N4O2/c1-16(2)15-35-24(34)33-11-9-32(10-12-33)18-5-3-17(4-6-18)31-22-7-8-30-23-14-20(25(27,28)29)21(26)13-19(22)23/h3-8,13-14,16H,9-12,15H2,1-2H3,(H,30,31). The van der Waals surface area contributed by atoms with Crippen molar-refractivity contribution in [3.8, 4) is 0 Å². The average Bonchev–Trinajstić information content (AvgIpc) is 2.82. The van der Waals surface area contributed by atoms with E-state index in [-0.39, 0.29) is 16.6 Å². The molecule has 0 radical (unpaired) electrons. The van der Waals surface area contributed by atoms with Crippen LogP contribution < -0.4 is 10.2 Å². The Morgan fingerprint density at radius 1 is 1.11 bits per heavy atom. The molecule has 0 saturated carbocycles. The molecule has 4 rings (SSSR count). The minimum absolute atomic E-state index is 0.202. The Labute approximate surface area is 206 Å². The highest BCUT2D eigenvalue weighted by Gasteiger charge is 2.33. The lowest BCUT2D eigenvalue weighted by atomic mass is 10.1. The lowest BCUT2D eigenvalue weighted by Gasteiger charge is -2.35. The number of piperazine rings is 1. The van der Waals surface area contributed by atoms with Gasteiger partial charge in [0.2, 0.25) is 0 Å². The van der Waals surface area contributed by atoms with Crippen LogP contribution in [0.25, 0.3) is 10.9 Å². The van der Waals surface area contributed by atoms with Crippen molar-refractivity contribution in [2.45, 2.75) is 20.0 Å². The van der Waals surface area contributed by atoms with E-state index in [1.807, 2.05) is 38.1 Å². The number of fused-ring (bicyclic) bond motifs is 1. The van der Waals surface area contributed by atoms with Crippen LogP contribution in [0.4, 0.5) is 35.0 Å². The maximum absolute atomic E-state index is 13.2. The first-order valence-corrected chi connectivity index (χ1v) is 11.7. The number of aromatic nitrogens is 1. The van der Waals surface area contributed by atoms with Crippen LogP contribution in [0.3, 0.4) is 0 Å². The molecule has 2 heterocycles. The molecule has 10 heteroatoms. The lowest BCUT2D eigenvalue weighted by Crippen LogP contribution is -2.49. The van der Waals surface area contributed by atoms with Crippen LogP contribution in [0.15, 0.2) is 48.7 Å². The van der Waals surface area contributed by atoms with Gasteiger partial charge >= 0.3 is 12.3 Å². The molecule has 0 spiro atoms. The van der Waals surface area contributed by atoms with Gasteiger partial charge in [-0.05, 0) is 48.4 Å². The van der Waals surface area contributed by atoms with E-state index >= 15 is 0 Å². The molecule has 2 aromatic carbocycles. The zero-order chi connectivity index (χ0) is 25.2. The summed E-state index contributed by atoms with van der Waals surface area (Å²) in [5.74, 6) is 0.298. The van der Waals surface area contributed by atoms with E-state index in [2.05, 4.69) is 15.2 Å². The Morgan fingerprint density at radius 3 is 2.43 bits per heavy atom. The van der Waals surface area contributed by atoms with E-state index < -0.39 is 11.7 Å². The molecular formula is C25H26ClF3N4O2. The summed E-state index contributed by atoms with van der Waals surface area (Å²) >= 11 is 5.92. The number of hydrogen-bond acceptors (Lipinski definition) is 5. The van der Waals surface area contributed by atoms with E-state index in [1.165, 1.54) is 12.3 Å². The third-order valence-corrected chi connectivity index (χ3v) is 6.04. The fourth-order valence-electron chi connectivity index (χ4n) is 3.88. The molecule has 1 amide bonds. The molecule has 186 valence electrons. The number of carbonyl (C=O) groups is 1. The van der Waals surface area contributed by atoms with Crippen LogP contribution >= 0.6 is 11.6 Å². The first-order valence-electron chi connectivity index (χ1n) is 11.3. The van der Waals surface area contributed by atoms with Gasteiger partial charge < -0.3 is 19.9 Å². The summed E-state index contributed by atoms with van der Waals surface area (Å²) < 4.78 is 44.9. The van der Waals surface area contributed by atoms with Gasteiger partial charge in [-0.1, -0.05) is 25.4 Å². The second-order valence-electron chi connectivity index (χ2n) is 8.82. The topological polar surface area (TPSA) is 57.7 Å². The molecule has 0 bridgehead atoms. The van der Waals surface area contributed by atoms with Crippen LogP contribution in [-0.4, -0.2) is 48.8 Å². The van der Waals surface area contributed by atoms with Crippen LogP contribution in [-0.2, 0) is 10.9 Å². The van der Waals surface area contributed by atoms with Crippen molar-refractivity contribution >= 4 is 45.7 Å². The summed E-state index contributed by atoms with van der Waals surface area (Å²) in [6.45, 7) is 6.97. The molecule has 1 aliphatic heterocycles. The molecule has 0 atom stereocenters. The molecule has 0 aliphatic carbocycles. The Balaban J connectivity index is 1.42. The lowest BCUT2D eigenvalue weighted by molar-refractivity contribution is -0.137. The number of nitrogens with zero attached hydrogens (tertiary/aromatic N) is 3. The van der Waals surface area contributed by atoms with E-state index in [9.17, 15) is 18.0 Å². The molecule has 3 aromatic rings. The molecule has 1 aromatic heterocycles. The molecule has 0 unspecified atom stereocenters. The van der Waals surface area contributed by atoms with E-state index in [4.69, 9.17) is 16.3 Å². The SMILES string of the molecule is CC(C)COC(=O)N1CCN(c2ccc(Nc3ccnc4cc(C(F)(F)F)c(Cl)cc34)cc2)CC1. The van der Waals surface area contributed by atoms with Gasteiger partial charge in [-0.25, -0.2) is 4.79 Å². The number of nitrogens with one attached hydrogen (secondary N) is 1. The number of ether oxygens (including phenoxy) is 1. The fourth-order valence-corrected chi connectivity index (χ4v) is 4.15. The van der Waals surface area contributed by atoms with E-state index in [0.717, 1.165) is 17.4 Å². The Morgan fingerprint density at radius 2 is 1.80 bits per heavy atom. The van der Waals surface area contributed by atoms with E-state index in [0.29, 0.717) is 49.8 Å². The highest BCUT2D eigenvalue weighted by atomic mass is 35.5. The van der Waals surface area contributed by atoms with Gasteiger partial charge in [0.05, 0.1) is 22.7 Å². The normalized spacial score (nSPS) is 14.5. The van der Waals surface area contributed by atoms with Crippen molar-refractivity contribution < 1.29 is 22.7 Å². The monoisotopic (exact) mass is 506 g/mol. The zero-order valence-corrected chi connectivity index (χ0v) is 20.2. The summed E-state index contributed by atoms with van der Waals surface area (Å²) in [6, 6.07) is 11.7. The van der Waals surface area contributed by atoms with E-state index in [1.54, 1.807) is 11.0 Å². The minimum atomic E-state index is -4.55. The van der Waals surface area contributed by atoms with Crippen molar-refractivity contribution in [2.24, 2.45) is 5.92 Å². The van der Waals surface area contributed by atoms with Crippen LogP contribution in [0, 0.1) is 5.92 Å². The smallest absolute Gasteiger partial charge is 0.417 e. The molecule has 1 N–H and O–H groups in total. The third-order valence-electron chi connectivity index (χ3n) is 5.73. The Kier molecular flexibility index (Phi) is 7.25. The Bertz CT molecular complexity index is 1190. The number of rotatable bonds is 5. The van der Waals surface area contributed by atoms with Gasteiger partial charge in [0, 0.05) is 54.8 Å². The fraction of sp³-hybridized carbons (Fsp3) is 0.360. The van der Waals surface area contributed by atoms with Crippen molar-refractivity contribution in [3.63, 3.8) is 0 Å². The summed E-state index contributed by atoms with van der Waals surface area (Å²) in [5, 5.41) is 3.36. The Hall–Kier alpha value is -3.20. The third kappa shape index (κ3) is 5.90. The number of carbonyl (C=O) groups excluding carboxylic acids is 1. The summed E-state index contributed by atoms with van der Waals surface area (Å²) in [5.41, 5.74) is 1.69. The molecular weight excluding hydrogens is 481 g/mol. The first-order chi connectivity index (χ1) is 16.6.